The summed E-state index contributed by atoms with van der Waals surface area (Å²) in [4.78, 5) is 4.63. The second kappa shape index (κ2) is 5.65. The van der Waals surface area contributed by atoms with E-state index >= 15 is 0 Å². The molecule has 2 N–H and O–H groups in total. The SMILES string of the molecule is CCCc1nc(-c2ccc(C)c(F)c2)c(N)n1C(C)C. The normalized spacial score (nSPS) is 11.3. The van der Waals surface area contributed by atoms with Crippen LogP contribution < -0.4 is 5.73 Å². The van der Waals surface area contributed by atoms with Crippen molar-refractivity contribution in [2.75, 3.05) is 5.73 Å². The van der Waals surface area contributed by atoms with E-state index in [4.69, 9.17) is 5.73 Å². The Balaban J connectivity index is 2.56. The van der Waals surface area contributed by atoms with Gasteiger partial charge in [0.05, 0.1) is 0 Å². The lowest BCUT2D eigenvalue weighted by Crippen LogP contribution is -2.09. The van der Waals surface area contributed by atoms with Crippen LogP contribution in [0.2, 0.25) is 0 Å². The molecule has 0 aliphatic rings. The molecular formula is C16H22FN3. The molecule has 108 valence electrons. The zero-order chi connectivity index (χ0) is 14.9. The van der Waals surface area contributed by atoms with Crippen molar-refractivity contribution >= 4 is 5.82 Å². The number of nitrogens with zero attached hydrogens (tertiary/aromatic N) is 2. The van der Waals surface area contributed by atoms with Gasteiger partial charge in [0.25, 0.3) is 0 Å². The molecule has 0 bridgehead atoms. The Morgan fingerprint density at radius 1 is 1.35 bits per heavy atom. The van der Waals surface area contributed by atoms with Gasteiger partial charge in [-0.25, -0.2) is 9.37 Å². The Bertz CT molecular complexity index is 614. The third-order valence-electron chi connectivity index (χ3n) is 3.46. The number of imidazole rings is 1. The lowest BCUT2D eigenvalue weighted by Gasteiger charge is -2.13. The van der Waals surface area contributed by atoms with Crippen LogP contribution in [0, 0.1) is 12.7 Å². The highest BCUT2D eigenvalue weighted by Crippen LogP contribution is 2.30. The van der Waals surface area contributed by atoms with Gasteiger partial charge in [0, 0.05) is 18.0 Å². The number of halogens is 1. The number of benzene rings is 1. The minimum Gasteiger partial charge on any atom is -0.383 e. The van der Waals surface area contributed by atoms with Gasteiger partial charge in [-0.05, 0) is 38.8 Å². The number of nitrogen functional groups attached to an aromatic ring is 1. The smallest absolute Gasteiger partial charge is 0.131 e. The van der Waals surface area contributed by atoms with Gasteiger partial charge < -0.3 is 10.3 Å². The Hall–Kier alpha value is -1.84. The number of aryl methyl sites for hydroxylation is 2. The first-order valence-electron chi connectivity index (χ1n) is 7.08. The van der Waals surface area contributed by atoms with E-state index in [0.29, 0.717) is 17.1 Å². The van der Waals surface area contributed by atoms with Crippen LogP contribution in [-0.2, 0) is 6.42 Å². The van der Waals surface area contributed by atoms with Gasteiger partial charge in [-0.3, -0.25) is 0 Å². The highest BCUT2D eigenvalue weighted by atomic mass is 19.1. The second-order valence-corrected chi connectivity index (χ2v) is 5.44. The second-order valence-electron chi connectivity index (χ2n) is 5.44. The van der Waals surface area contributed by atoms with Crippen molar-refractivity contribution in [3.05, 3.63) is 35.4 Å². The average Bonchev–Trinajstić information content (AvgIpc) is 2.70. The fraction of sp³-hybridized carbons (Fsp3) is 0.438. The zero-order valence-electron chi connectivity index (χ0n) is 12.6. The van der Waals surface area contributed by atoms with Crippen molar-refractivity contribution in [2.45, 2.75) is 46.6 Å². The van der Waals surface area contributed by atoms with Gasteiger partial charge in [0.2, 0.25) is 0 Å². The van der Waals surface area contributed by atoms with Crippen LogP contribution in [0.1, 0.15) is 44.6 Å². The van der Waals surface area contributed by atoms with Crippen LogP contribution in [0.5, 0.6) is 0 Å². The Kier molecular flexibility index (Phi) is 4.12. The molecule has 3 nitrogen and oxygen atoms in total. The Morgan fingerprint density at radius 3 is 2.60 bits per heavy atom. The molecule has 20 heavy (non-hydrogen) atoms. The van der Waals surface area contributed by atoms with Gasteiger partial charge in [0.15, 0.2) is 0 Å². The predicted molar refractivity (Wildman–Crippen MR) is 81.2 cm³/mol. The third-order valence-corrected chi connectivity index (χ3v) is 3.46. The van der Waals surface area contributed by atoms with Crippen LogP contribution in [0.3, 0.4) is 0 Å². The summed E-state index contributed by atoms with van der Waals surface area (Å²) in [5.74, 6) is 1.36. The maximum atomic E-state index is 13.7. The molecule has 0 radical (unpaired) electrons. The van der Waals surface area contributed by atoms with Gasteiger partial charge in [0.1, 0.15) is 23.2 Å². The lowest BCUT2D eigenvalue weighted by atomic mass is 10.1. The van der Waals surface area contributed by atoms with E-state index in [9.17, 15) is 4.39 Å². The first-order valence-corrected chi connectivity index (χ1v) is 7.08. The molecule has 2 rings (SSSR count). The summed E-state index contributed by atoms with van der Waals surface area (Å²) in [6, 6.07) is 5.39. The topological polar surface area (TPSA) is 43.8 Å². The van der Waals surface area contributed by atoms with Gasteiger partial charge in [-0.15, -0.1) is 0 Å². The minimum atomic E-state index is -0.224. The van der Waals surface area contributed by atoms with Gasteiger partial charge in [-0.2, -0.15) is 0 Å². The molecule has 1 aromatic heterocycles. The molecule has 0 saturated heterocycles. The van der Waals surface area contributed by atoms with Crippen molar-refractivity contribution in [3.63, 3.8) is 0 Å². The monoisotopic (exact) mass is 275 g/mol. The average molecular weight is 275 g/mol. The molecule has 4 heteroatoms. The van der Waals surface area contributed by atoms with E-state index in [1.165, 1.54) is 6.07 Å². The Morgan fingerprint density at radius 2 is 2.05 bits per heavy atom. The molecule has 1 heterocycles. The van der Waals surface area contributed by atoms with E-state index in [0.717, 1.165) is 24.2 Å². The summed E-state index contributed by atoms with van der Waals surface area (Å²) in [5, 5.41) is 0. The fourth-order valence-corrected chi connectivity index (χ4v) is 2.42. The summed E-state index contributed by atoms with van der Waals surface area (Å²) in [5.41, 5.74) is 8.28. The number of aromatic nitrogens is 2. The molecule has 0 spiro atoms. The van der Waals surface area contributed by atoms with E-state index in [2.05, 4.69) is 25.8 Å². The molecule has 0 aliphatic heterocycles. The maximum absolute atomic E-state index is 13.7. The molecule has 2 aromatic rings. The standard InChI is InChI=1S/C16H22FN3/c1-5-6-14-19-15(16(18)20(14)10(2)3)12-8-7-11(4)13(17)9-12/h7-10H,5-6,18H2,1-4H3. The van der Waals surface area contributed by atoms with Gasteiger partial charge in [-0.1, -0.05) is 19.1 Å². The summed E-state index contributed by atoms with van der Waals surface area (Å²) >= 11 is 0. The first kappa shape index (κ1) is 14.6. The summed E-state index contributed by atoms with van der Waals surface area (Å²) in [7, 11) is 0. The van der Waals surface area contributed by atoms with Crippen molar-refractivity contribution in [1.29, 1.82) is 0 Å². The number of nitrogens with two attached hydrogens (primary N) is 1. The van der Waals surface area contributed by atoms with Crippen LogP contribution in [-0.4, -0.2) is 9.55 Å². The summed E-state index contributed by atoms with van der Waals surface area (Å²) in [6.45, 7) is 8.02. The van der Waals surface area contributed by atoms with Crippen LogP contribution in [0.4, 0.5) is 10.2 Å². The number of rotatable bonds is 4. The molecule has 0 fully saturated rings. The molecule has 0 atom stereocenters. The molecule has 0 unspecified atom stereocenters. The quantitative estimate of drug-likeness (QED) is 0.912. The zero-order valence-corrected chi connectivity index (χ0v) is 12.6. The number of hydrogen-bond acceptors (Lipinski definition) is 2. The van der Waals surface area contributed by atoms with Crippen molar-refractivity contribution in [2.24, 2.45) is 0 Å². The van der Waals surface area contributed by atoms with E-state index in [1.54, 1.807) is 13.0 Å². The molecule has 0 amide bonds. The molecule has 0 aliphatic carbocycles. The van der Waals surface area contributed by atoms with Crippen LogP contribution in [0.25, 0.3) is 11.3 Å². The minimum absolute atomic E-state index is 0.224. The third kappa shape index (κ3) is 2.55. The lowest BCUT2D eigenvalue weighted by molar-refractivity contribution is 0.571. The Labute approximate surface area is 119 Å². The highest BCUT2D eigenvalue weighted by Gasteiger charge is 2.18. The highest BCUT2D eigenvalue weighted by molar-refractivity contribution is 5.71. The summed E-state index contributed by atoms with van der Waals surface area (Å²) in [6.07, 6.45) is 1.88. The fourth-order valence-electron chi connectivity index (χ4n) is 2.42. The number of hydrogen-bond donors (Lipinski definition) is 1. The molecule has 1 aromatic carbocycles. The van der Waals surface area contributed by atoms with E-state index in [-0.39, 0.29) is 11.9 Å². The number of anilines is 1. The van der Waals surface area contributed by atoms with E-state index in [1.807, 2.05) is 10.6 Å². The predicted octanol–water partition coefficient (Wildman–Crippen LogP) is 4.11. The largest absolute Gasteiger partial charge is 0.383 e. The van der Waals surface area contributed by atoms with Crippen molar-refractivity contribution in [3.8, 4) is 11.3 Å². The van der Waals surface area contributed by atoms with Crippen molar-refractivity contribution < 1.29 is 4.39 Å². The molecule has 0 saturated carbocycles. The summed E-state index contributed by atoms with van der Waals surface area (Å²) < 4.78 is 15.8. The maximum Gasteiger partial charge on any atom is 0.131 e. The van der Waals surface area contributed by atoms with Crippen molar-refractivity contribution in [1.82, 2.24) is 9.55 Å². The first-order chi connectivity index (χ1) is 9.45. The van der Waals surface area contributed by atoms with Crippen LogP contribution in [0.15, 0.2) is 18.2 Å². The molecular weight excluding hydrogens is 253 g/mol. The van der Waals surface area contributed by atoms with Crippen LogP contribution >= 0.6 is 0 Å². The van der Waals surface area contributed by atoms with Gasteiger partial charge >= 0.3 is 0 Å². The van der Waals surface area contributed by atoms with E-state index < -0.39 is 0 Å².